The van der Waals surface area contributed by atoms with E-state index in [4.69, 9.17) is 4.74 Å². The fourth-order valence-corrected chi connectivity index (χ4v) is 2.57. The summed E-state index contributed by atoms with van der Waals surface area (Å²) in [6.07, 6.45) is 0. The lowest BCUT2D eigenvalue weighted by Gasteiger charge is -2.11. The molecule has 7 heteroatoms. The number of ether oxygens (including phenoxy) is 1. The molecular formula is C20H19FN4O2. The number of carbonyl (C=O) groups is 1. The van der Waals surface area contributed by atoms with Crippen LogP contribution < -0.4 is 15.4 Å². The molecule has 0 radical (unpaired) electrons. The number of rotatable bonds is 6. The first-order chi connectivity index (χ1) is 13.0. The number of anilines is 2. The summed E-state index contributed by atoms with van der Waals surface area (Å²) in [4.78, 5) is 20.9. The van der Waals surface area contributed by atoms with Gasteiger partial charge in [0, 0.05) is 23.9 Å². The second-order valence-electron chi connectivity index (χ2n) is 5.82. The van der Waals surface area contributed by atoms with Crippen LogP contribution in [0.1, 0.15) is 21.9 Å². The molecule has 0 saturated carbocycles. The minimum Gasteiger partial charge on any atom is -0.496 e. The van der Waals surface area contributed by atoms with Crippen molar-refractivity contribution in [3.05, 3.63) is 77.5 Å². The van der Waals surface area contributed by atoms with Crippen molar-refractivity contribution in [3.63, 3.8) is 0 Å². The summed E-state index contributed by atoms with van der Waals surface area (Å²) in [6, 6.07) is 14.9. The number of nitrogens with one attached hydrogen (secondary N) is 2. The zero-order valence-electron chi connectivity index (χ0n) is 15.0. The van der Waals surface area contributed by atoms with Crippen LogP contribution in [-0.2, 0) is 6.54 Å². The average Bonchev–Trinajstić information content (AvgIpc) is 2.66. The topological polar surface area (TPSA) is 76.1 Å². The van der Waals surface area contributed by atoms with E-state index in [1.54, 1.807) is 26.2 Å². The summed E-state index contributed by atoms with van der Waals surface area (Å²) < 4.78 is 18.6. The van der Waals surface area contributed by atoms with E-state index in [1.165, 1.54) is 18.2 Å². The van der Waals surface area contributed by atoms with Crippen molar-refractivity contribution in [2.75, 3.05) is 17.7 Å². The van der Waals surface area contributed by atoms with Crippen LogP contribution in [0.2, 0.25) is 0 Å². The lowest BCUT2D eigenvalue weighted by Crippen LogP contribution is -2.16. The van der Waals surface area contributed by atoms with Gasteiger partial charge in [-0.1, -0.05) is 24.3 Å². The lowest BCUT2D eigenvalue weighted by molar-refractivity contribution is 0.102. The van der Waals surface area contributed by atoms with Crippen LogP contribution >= 0.6 is 0 Å². The van der Waals surface area contributed by atoms with E-state index in [-0.39, 0.29) is 5.69 Å². The monoisotopic (exact) mass is 366 g/mol. The molecule has 0 spiro atoms. The second kappa shape index (κ2) is 8.27. The molecule has 1 aromatic heterocycles. The zero-order valence-corrected chi connectivity index (χ0v) is 15.0. The number of para-hydroxylation sites is 1. The molecule has 0 aliphatic carbocycles. The van der Waals surface area contributed by atoms with Crippen molar-refractivity contribution in [2.45, 2.75) is 13.5 Å². The molecule has 3 rings (SSSR count). The molecule has 138 valence electrons. The third-order valence-electron chi connectivity index (χ3n) is 3.81. The average molecular weight is 366 g/mol. The van der Waals surface area contributed by atoms with Gasteiger partial charge >= 0.3 is 0 Å². The van der Waals surface area contributed by atoms with Crippen molar-refractivity contribution >= 4 is 17.4 Å². The fraction of sp³-hybridized carbons (Fsp3) is 0.150. The third kappa shape index (κ3) is 4.78. The molecule has 0 atom stereocenters. The quantitative estimate of drug-likeness (QED) is 0.694. The van der Waals surface area contributed by atoms with Gasteiger partial charge in [-0.25, -0.2) is 14.4 Å². The molecule has 0 saturated heterocycles. The molecule has 0 fully saturated rings. The van der Waals surface area contributed by atoms with Gasteiger partial charge in [0.15, 0.2) is 0 Å². The predicted octanol–water partition coefficient (Wildman–Crippen LogP) is 3.80. The summed E-state index contributed by atoms with van der Waals surface area (Å²) in [5.41, 5.74) is 1.51. The fourth-order valence-electron chi connectivity index (χ4n) is 2.57. The van der Waals surface area contributed by atoms with Crippen LogP contribution in [0.15, 0.2) is 54.6 Å². The van der Waals surface area contributed by atoms with Crippen molar-refractivity contribution in [1.29, 1.82) is 0 Å². The van der Waals surface area contributed by atoms with E-state index in [1.807, 2.05) is 24.3 Å². The van der Waals surface area contributed by atoms with Crippen LogP contribution in [0.5, 0.6) is 5.75 Å². The number of aryl methyl sites for hydroxylation is 1. The number of hydrogen-bond donors (Lipinski definition) is 2. The van der Waals surface area contributed by atoms with Crippen molar-refractivity contribution in [3.8, 4) is 5.75 Å². The highest BCUT2D eigenvalue weighted by Crippen LogP contribution is 2.19. The molecular weight excluding hydrogens is 347 g/mol. The van der Waals surface area contributed by atoms with Gasteiger partial charge in [0.1, 0.15) is 28.9 Å². The molecule has 0 aliphatic heterocycles. The molecule has 0 bridgehead atoms. The Balaban J connectivity index is 1.74. The highest BCUT2D eigenvalue weighted by atomic mass is 19.1. The standard InChI is InChI=1S/C20H19FN4O2/c1-13-23-17(20(26)25-16-8-5-7-15(21)10-16)11-19(24-13)22-12-14-6-3-4-9-18(14)27-2/h3-11H,12H2,1-2H3,(H,25,26)(H,22,23,24). The Morgan fingerprint density at radius 2 is 1.93 bits per heavy atom. The van der Waals surface area contributed by atoms with Gasteiger partial charge in [-0.2, -0.15) is 0 Å². The number of amides is 1. The van der Waals surface area contributed by atoms with Gasteiger partial charge in [0.2, 0.25) is 0 Å². The third-order valence-corrected chi connectivity index (χ3v) is 3.81. The Morgan fingerprint density at radius 1 is 1.11 bits per heavy atom. The normalized spacial score (nSPS) is 10.3. The van der Waals surface area contributed by atoms with Gasteiger partial charge in [0.05, 0.1) is 7.11 Å². The molecule has 1 heterocycles. The molecule has 0 aliphatic rings. The molecule has 6 nitrogen and oxygen atoms in total. The minimum atomic E-state index is -0.438. The molecule has 2 aromatic carbocycles. The summed E-state index contributed by atoms with van der Waals surface area (Å²) in [6.45, 7) is 2.18. The van der Waals surface area contributed by atoms with Crippen molar-refractivity contribution in [2.24, 2.45) is 0 Å². The zero-order chi connectivity index (χ0) is 19.2. The van der Waals surface area contributed by atoms with Gasteiger partial charge in [-0.3, -0.25) is 4.79 Å². The van der Waals surface area contributed by atoms with E-state index < -0.39 is 11.7 Å². The molecule has 1 amide bonds. The smallest absolute Gasteiger partial charge is 0.274 e. The SMILES string of the molecule is COc1ccccc1CNc1cc(C(=O)Nc2cccc(F)c2)nc(C)n1. The number of halogens is 1. The Labute approximate surface area is 156 Å². The van der Waals surface area contributed by atoms with Gasteiger partial charge in [-0.15, -0.1) is 0 Å². The van der Waals surface area contributed by atoms with Crippen molar-refractivity contribution in [1.82, 2.24) is 9.97 Å². The van der Waals surface area contributed by atoms with E-state index in [0.29, 0.717) is 23.9 Å². The van der Waals surface area contributed by atoms with Crippen LogP contribution in [-0.4, -0.2) is 23.0 Å². The predicted molar refractivity (Wildman–Crippen MR) is 101 cm³/mol. The van der Waals surface area contributed by atoms with E-state index in [9.17, 15) is 9.18 Å². The Bertz CT molecular complexity index is 962. The van der Waals surface area contributed by atoms with Gasteiger partial charge in [0.25, 0.3) is 5.91 Å². The number of carbonyl (C=O) groups excluding carboxylic acids is 1. The molecule has 2 N–H and O–H groups in total. The van der Waals surface area contributed by atoms with E-state index >= 15 is 0 Å². The van der Waals surface area contributed by atoms with Gasteiger partial charge < -0.3 is 15.4 Å². The number of nitrogens with zero attached hydrogens (tertiary/aromatic N) is 2. The summed E-state index contributed by atoms with van der Waals surface area (Å²) in [7, 11) is 1.61. The highest BCUT2D eigenvalue weighted by molar-refractivity contribution is 6.03. The first-order valence-electron chi connectivity index (χ1n) is 8.33. The summed E-state index contributed by atoms with van der Waals surface area (Å²) >= 11 is 0. The largest absolute Gasteiger partial charge is 0.496 e. The maximum atomic E-state index is 13.3. The van der Waals surface area contributed by atoms with Crippen LogP contribution in [0.25, 0.3) is 0 Å². The summed E-state index contributed by atoms with van der Waals surface area (Å²) in [5.74, 6) is 0.860. The van der Waals surface area contributed by atoms with Crippen LogP contribution in [0.3, 0.4) is 0 Å². The van der Waals surface area contributed by atoms with E-state index in [0.717, 1.165) is 11.3 Å². The second-order valence-corrected chi connectivity index (χ2v) is 5.82. The Morgan fingerprint density at radius 3 is 2.70 bits per heavy atom. The van der Waals surface area contributed by atoms with Crippen LogP contribution in [0.4, 0.5) is 15.9 Å². The van der Waals surface area contributed by atoms with Crippen molar-refractivity contribution < 1.29 is 13.9 Å². The van der Waals surface area contributed by atoms with Crippen LogP contribution in [0, 0.1) is 12.7 Å². The highest BCUT2D eigenvalue weighted by Gasteiger charge is 2.12. The number of hydrogen-bond acceptors (Lipinski definition) is 5. The number of aromatic nitrogens is 2. The maximum Gasteiger partial charge on any atom is 0.274 e. The molecule has 0 unspecified atom stereocenters. The number of methoxy groups -OCH3 is 1. The van der Waals surface area contributed by atoms with E-state index in [2.05, 4.69) is 20.6 Å². The maximum absolute atomic E-state index is 13.3. The van der Waals surface area contributed by atoms with Gasteiger partial charge in [-0.05, 0) is 31.2 Å². The Kier molecular flexibility index (Phi) is 5.61. The lowest BCUT2D eigenvalue weighted by atomic mass is 10.2. The number of benzene rings is 2. The Hall–Kier alpha value is -3.48. The minimum absolute atomic E-state index is 0.189. The first-order valence-corrected chi connectivity index (χ1v) is 8.33. The first kappa shape index (κ1) is 18.3. The summed E-state index contributed by atoms with van der Waals surface area (Å²) in [5, 5.41) is 5.80. The molecule has 27 heavy (non-hydrogen) atoms. The molecule has 3 aromatic rings.